The Labute approximate surface area is 186 Å². The Morgan fingerprint density at radius 3 is 2.78 bits per heavy atom. The number of nitrogens with one attached hydrogen (secondary N) is 3. The van der Waals surface area contributed by atoms with E-state index in [1.54, 1.807) is 50.7 Å². The molecule has 3 aromatic rings. The maximum atomic E-state index is 11.5. The summed E-state index contributed by atoms with van der Waals surface area (Å²) in [5.41, 5.74) is 2.20. The van der Waals surface area contributed by atoms with E-state index >= 15 is 0 Å². The summed E-state index contributed by atoms with van der Waals surface area (Å²) in [6.45, 7) is 4.70. The lowest BCUT2D eigenvalue weighted by atomic mass is 10.2. The van der Waals surface area contributed by atoms with Crippen molar-refractivity contribution in [2.75, 3.05) is 43.3 Å². The van der Waals surface area contributed by atoms with Gasteiger partial charge in [-0.1, -0.05) is 12.6 Å². The number of hydrogen-bond acceptors (Lipinski definition) is 8. The summed E-state index contributed by atoms with van der Waals surface area (Å²) in [6, 6.07) is 14.3. The SMILES string of the molecule is C=CC(=O)Nc1cccc(Oc2ccnc(Nc3ccc(NCCOC)c(OC)c3)n2)c1. The normalized spacial score (nSPS) is 10.2. The quantitative estimate of drug-likeness (QED) is 0.304. The van der Waals surface area contributed by atoms with Gasteiger partial charge in [0.1, 0.15) is 11.5 Å². The first-order chi connectivity index (χ1) is 15.6. The molecule has 0 radical (unpaired) electrons. The molecule has 0 atom stereocenters. The van der Waals surface area contributed by atoms with E-state index in [1.807, 2.05) is 18.2 Å². The van der Waals surface area contributed by atoms with Crippen molar-refractivity contribution in [2.45, 2.75) is 0 Å². The van der Waals surface area contributed by atoms with Crippen molar-refractivity contribution in [1.82, 2.24) is 9.97 Å². The van der Waals surface area contributed by atoms with Crippen LogP contribution in [0.3, 0.4) is 0 Å². The highest BCUT2D eigenvalue weighted by atomic mass is 16.5. The molecule has 9 heteroatoms. The van der Waals surface area contributed by atoms with Gasteiger partial charge in [-0.15, -0.1) is 0 Å². The van der Waals surface area contributed by atoms with Crippen LogP contribution in [0.25, 0.3) is 0 Å². The fraction of sp³-hybridized carbons (Fsp3) is 0.174. The molecule has 0 saturated heterocycles. The first-order valence-electron chi connectivity index (χ1n) is 9.83. The van der Waals surface area contributed by atoms with E-state index in [4.69, 9.17) is 14.2 Å². The maximum absolute atomic E-state index is 11.5. The number of carbonyl (C=O) groups excluding carboxylic acids is 1. The van der Waals surface area contributed by atoms with Crippen molar-refractivity contribution < 1.29 is 19.0 Å². The molecule has 0 saturated carbocycles. The van der Waals surface area contributed by atoms with Crippen LogP contribution in [0.4, 0.5) is 23.0 Å². The van der Waals surface area contributed by atoms with Crippen LogP contribution in [-0.2, 0) is 9.53 Å². The Balaban J connectivity index is 1.69. The molecule has 166 valence electrons. The van der Waals surface area contributed by atoms with Crippen molar-refractivity contribution in [1.29, 1.82) is 0 Å². The standard InChI is InChI=1S/C23H25N5O4/c1-4-21(29)26-16-6-5-7-18(14-16)32-22-10-11-25-23(28-22)27-17-8-9-19(20(15-17)31-3)24-12-13-30-2/h4-11,14-15,24H,1,12-13H2,2-3H3,(H,26,29)(H,25,27,28). The second-order valence-electron chi connectivity index (χ2n) is 6.50. The Hall–Kier alpha value is -4.11. The number of ether oxygens (including phenoxy) is 3. The van der Waals surface area contributed by atoms with Gasteiger partial charge in [-0.2, -0.15) is 4.98 Å². The van der Waals surface area contributed by atoms with Crippen LogP contribution in [0, 0.1) is 0 Å². The molecule has 1 heterocycles. The number of hydrogen-bond donors (Lipinski definition) is 3. The van der Waals surface area contributed by atoms with Crippen LogP contribution in [0.15, 0.2) is 67.4 Å². The Bertz CT molecular complexity index is 1070. The molecular formula is C23H25N5O4. The average molecular weight is 435 g/mol. The van der Waals surface area contributed by atoms with Crippen molar-refractivity contribution in [3.8, 4) is 17.4 Å². The zero-order chi connectivity index (χ0) is 22.8. The second kappa shape index (κ2) is 11.3. The van der Waals surface area contributed by atoms with Crippen LogP contribution >= 0.6 is 0 Å². The number of rotatable bonds is 11. The Morgan fingerprint density at radius 1 is 1.12 bits per heavy atom. The van der Waals surface area contributed by atoms with Gasteiger partial charge in [-0.05, 0) is 30.3 Å². The number of carbonyl (C=O) groups is 1. The largest absolute Gasteiger partial charge is 0.495 e. The molecule has 32 heavy (non-hydrogen) atoms. The highest BCUT2D eigenvalue weighted by Gasteiger charge is 2.08. The monoisotopic (exact) mass is 435 g/mol. The summed E-state index contributed by atoms with van der Waals surface area (Å²) in [5.74, 6) is 1.60. The number of nitrogens with zero attached hydrogens (tertiary/aromatic N) is 2. The van der Waals surface area contributed by atoms with Crippen LogP contribution in [0.5, 0.6) is 17.4 Å². The van der Waals surface area contributed by atoms with Gasteiger partial charge in [0.05, 0.1) is 19.4 Å². The number of benzene rings is 2. The molecule has 0 bridgehead atoms. The molecule has 9 nitrogen and oxygen atoms in total. The molecule has 0 fully saturated rings. The summed E-state index contributed by atoms with van der Waals surface area (Å²) >= 11 is 0. The third kappa shape index (κ3) is 6.44. The second-order valence-corrected chi connectivity index (χ2v) is 6.50. The topological polar surface area (TPSA) is 107 Å². The molecule has 1 amide bonds. The summed E-state index contributed by atoms with van der Waals surface area (Å²) in [6.07, 6.45) is 2.79. The van der Waals surface area contributed by atoms with Crippen molar-refractivity contribution in [3.05, 3.63) is 67.4 Å². The van der Waals surface area contributed by atoms with Crippen molar-refractivity contribution in [2.24, 2.45) is 0 Å². The Morgan fingerprint density at radius 2 is 2.00 bits per heavy atom. The van der Waals surface area contributed by atoms with E-state index in [0.717, 1.165) is 11.4 Å². The number of methoxy groups -OCH3 is 2. The average Bonchev–Trinajstić information content (AvgIpc) is 2.80. The minimum absolute atomic E-state index is 0.300. The first-order valence-corrected chi connectivity index (χ1v) is 9.83. The summed E-state index contributed by atoms with van der Waals surface area (Å²) in [7, 11) is 3.26. The van der Waals surface area contributed by atoms with E-state index in [2.05, 4.69) is 32.5 Å². The minimum atomic E-state index is -0.300. The molecule has 0 spiro atoms. The van der Waals surface area contributed by atoms with Crippen molar-refractivity contribution >= 4 is 28.9 Å². The van der Waals surface area contributed by atoms with E-state index in [-0.39, 0.29) is 5.91 Å². The molecule has 2 aromatic carbocycles. The predicted molar refractivity (Wildman–Crippen MR) is 124 cm³/mol. The molecule has 1 aromatic heterocycles. The molecule has 3 rings (SSSR count). The van der Waals surface area contributed by atoms with Gasteiger partial charge < -0.3 is 30.2 Å². The Kier molecular flexibility index (Phi) is 7.99. The third-order valence-electron chi connectivity index (χ3n) is 4.22. The van der Waals surface area contributed by atoms with Gasteiger partial charge in [0.2, 0.25) is 17.7 Å². The van der Waals surface area contributed by atoms with Gasteiger partial charge in [0, 0.05) is 49.4 Å². The van der Waals surface area contributed by atoms with Crippen LogP contribution in [0.2, 0.25) is 0 Å². The van der Waals surface area contributed by atoms with Gasteiger partial charge in [0.25, 0.3) is 0 Å². The molecule has 0 aliphatic heterocycles. The molecule has 3 N–H and O–H groups in total. The minimum Gasteiger partial charge on any atom is -0.495 e. The fourth-order valence-electron chi connectivity index (χ4n) is 2.74. The van der Waals surface area contributed by atoms with E-state index in [0.29, 0.717) is 42.2 Å². The first kappa shape index (κ1) is 22.6. The van der Waals surface area contributed by atoms with Gasteiger partial charge in [0.15, 0.2) is 0 Å². The molecule has 0 aliphatic rings. The molecular weight excluding hydrogens is 410 g/mol. The third-order valence-corrected chi connectivity index (χ3v) is 4.22. The lowest BCUT2D eigenvalue weighted by molar-refractivity contribution is -0.111. The number of amides is 1. The molecule has 0 aliphatic carbocycles. The predicted octanol–water partition coefficient (Wildman–Crippen LogP) is 4.20. The smallest absolute Gasteiger partial charge is 0.247 e. The zero-order valence-corrected chi connectivity index (χ0v) is 17.9. The van der Waals surface area contributed by atoms with E-state index in [9.17, 15) is 4.79 Å². The highest BCUT2D eigenvalue weighted by molar-refractivity contribution is 5.98. The van der Waals surface area contributed by atoms with Crippen molar-refractivity contribution in [3.63, 3.8) is 0 Å². The summed E-state index contributed by atoms with van der Waals surface area (Å²) in [4.78, 5) is 20.1. The lowest BCUT2D eigenvalue weighted by Crippen LogP contribution is -2.08. The number of anilines is 4. The van der Waals surface area contributed by atoms with Crippen LogP contribution in [-0.4, -0.2) is 43.2 Å². The van der Waals surface area contributed by atoms with Gasteiger partial charge >= 0.3 is 0 Å². The summed E-state index contributed by atoms with van der Waals surface area (Å²) < 4.78 is 16.3. The summed E-state index contributed by atoms with van der Waals surface area (Å²) in [5, 5.41) is 9.08. The fourth-order valence-corrected chi connectivity index (χ4v) is 2.74. The zero-order valence-electron chi connectivity index (χ0n) is 17.9. The van der Waals surface area contributed by atoms with Crippen LogP contribution in [0.1, 0.15) is 0 Å². The lowest BCUT2D eigenvalue weighted by Gasteiger charge is -2.13. The van der Waals surface area contributed by atoms with E-state index < -0.39 is 0 Å². The van der Waals surface area contributed by atoms with Gasteiger partial charge in [-0.25, -0.2) is 4.98 Å². The highest BCUT2D eigenvalue weighted by Crippen LogP contribution is 2.29. The van der Waals surface area contributed by atoms with E-state index in [1.165, 1.54) is 6.08 Å². The van der Waals surface area contributed by atoms with Gasteiger partial charge in [-0.3, -0.25) is 4.79 Å². The van der Waals surface area contributed by atoms with Crippen LogP contribution < -0.4 is 25.4 Å². The number of aromatic nitrogens is 2. The maximum Gasteiger partial charge on any atom is 0.247 e. The molecule has 0 unspecified atom stereocenters.